The van der Waals surface area contributed by atoms with Crippen LogP contribution in [0.25, 0.3) is 32.8 Å². The summed E-state index contributed by atoms with van der Waals surface area (Å²) < 4.78 is 17.4. The molecule has 1 aliphatic rings. The molecule has 0 unspecified atom stereocenters. The quantitative estimate of drug-likeness (QED) is 0.0851. The summed E-state index contributed by atoms with van der Waals surface area (Å²) in [5.74, 6) is 0.409. The molecule has 0 fully saturated rings. The number of aliphatic hydroxyl groups excluding tert-OH is 1. The number of aromatic nitrogens is 1. The largest absolute Gasteiger partial charge is 0.512 e. The van der Waals surface area contributed by atoms with Gasteiger partial charge in [-0.25, -0.2) is 0 Å². The second-order valence-electron chi connectivity index (χ2n) is 12.3. The fourth-order valence-corrected chi connectivity index (χ4v) is 6.40. The number of ketones is 1. The van der Waals surface area contributed by atoms with Crippen molar-refractivity contribution in [2.24, 2.45) is 17.8 Å². The minimum atomic E-state index is -1.43. The van der Waals surface area contributed by atoms with Gasteiger partial charge >= 0.3 is 0 Å². The Hall–Kier alpha value is -3.79. The molecular formula is C42H47IrN2O2-. The summed E-state index contributed by atoms with van der Waals surface area (Å²) in [4.78, 5) is 18.9. The van der Waals surface area contributed by atoms with E-state index in [-0.39, 0.29) is 49.4 Å². The van der Waals surface area contributed by atoms with Gasteiger partial charge < -0.3 is 15.0 Å². The fraction of sp³-hybridized carbons (Fsp3) is 0.333. The van der Waals surface area contributed by atoms with Gasteiger partial charge in [0.05, 0.1) is 5.76 Å². The summed E-state index contributed by atoms with van der Waals surface area (Å²) >= 11 is 0. The van der Waals surface area contributed by atoms with Crippen molar-refractivity contribution < 1.29 is 32.7 Å². The van der Waals surface area contributed by atoms with E-state index in [1.54, 1.807) is 0 Å². The van der Waals surface area contributed by atoms with Crippen LogP contribution >= 0.6 is 0 Å². The number of aliphatic hydroxyl groups is 1. The third-order valence-corrected chi connectivity index (χ3v) is 8.93. The number of hydrogen-bond donors (Lipinski definition) is 1. The Morgan fingerprint density at radius 1 is 0.915 bits per heavy atom. The summed E-state index contributed by atoms with van der Waals surface area (Å²) in [6.45, 7) is 11.9. The van der Waals surface area contributed by atoms with Gasteiger partial charge in [-0.15, -0.1) is 23.8 Å². The topological polar surface area (TPSA) is 53.4 Å². The molecule has 1 radical (unpaired) electrons. The zero-order valence-electron chi connectivity index (χ0n) is 30.3. The summed E-state index contributed by atoms with van der Waals surface area (Å²) in [5, 5.41) is 14.0. The third-order valence-electron chi connectivity index (χ3n) is 8.93. The molecule has 0 aliphatic carbocycles. The van der Waals surface area contributed by atoms with Crippen LogP contribution in [0.4, 0.5) is 17.1 Å². The molecule has 2 heterocycles. The van der Waals surface area contributed by atoms with Gasteiger partial charge in [0.25, 0.3) is 0 Å². The van der Waals surface area contributed by atoms with E-state index in [2.05, 4.69) is 47.4 Å². The van der Waals surface area contributed by atoms with E-state index in [0.29, 0.717) is 5.56 Å². The maximum absolute atomic E-state index is 11.7. The van der Waals surface area contributed by atoms with Crippen LogP contribution in [0.2, 0.25) is 0 Å². The van der Waals surface area contributed by atoms with E-state index >= 15 is 0 Å². The van der Waals surface area contributed by atoms with Gasteiger partial charge in [-0.3, -0.25) is 4.79 Å². The monoisotopic (exact) mass is 806 g/mol. The van der Waals surface area contributed by atoms with Crippen molar-refractivity contribution in [3.05, 3.63) is 109 Å². The molecule has 5 aromatic rings. The van der Waals surface area contributed by atoms with Crippen molar-refractivity contribution in [2.75, 3.05) is 4.90 Å². The van der Waals surface area contributed by atoms with Crippen LogP contribution in [0.3, 0.4) is 0 Å². The van der Waals surface area contributed by atoms with Gasteiger partial charge in [0.2, 0.25) is 0 Å². The minimum Gasteiger partial charge on any atom is -0.512 e. The number of hydrogen-bond acceptors (Lipinski definition) is 4. The summed E-state index contributed by atoms with van der Waals surface area (Å²) in [5.41, 5.74) is 5.66. The average Bonchev–Trinajstić information content (AvgIpc) is 3.10. The van der Waals surface area contributed by atoms with E-state index in [4.69, 9.17) is 7.73 Å². The zero-order valence-corrected chi connectivity index (χ0v) is 30.7. The smallest absolute Gasteiger partial charge is 0.162 e. The second-order valence-corrected chi connectivity index (χ2v) is 12.3. The van der Waals surface area contributed by atoms with Crippen molar-refractivity contribution in [1.82, 2.24) is 4.98 Å². The molecule has 5 heteroatoms. The van der Waals surface area contributed by atoms with Gasteiger partial charge in [-0.2, -0.15) is 0 Å². The summed E-state index contributed by atoms with van der Waals surface area (Å²) in [7, 11) is 0. The second kappa shape index (κ2) is 16.4. The van der Waals surface area contributed by atoms with Crippen molar-refractivity contribution in [3.63, 3.8) is 0 Å². The first-order valence-electron chi connectivity index (χ1n) is 17.7. The first kappa shape index (κ1) is 33.1. The Bertz CT molecular complexity index is 1930. The molecule has 1 aliphatic heterocycles. The number of allylic oxidation sites excluding steroid dienone is 2. The number of para-hydroxylation sites is 1. The molecule has 1 N–H and O–H groups in total. The summed E-state index contributed by atoms with van der Waals surface area (Å²) in [6, 6.07) is 30.1. The molecule has 1 aromatic heterocycles. The van der Waals surface area contributed by atoms with Gasteiger partial charge in [0.15, 0.2) is 5.78 Å². The van der Waals surface area contributed by atoms with Crippen LogP contribution in [0.15, 0.2) is 96.9 Å². The van der Waals surface area contributed by atoms with Crippen LogP contribution < -0.4 is 4.90 Å². The molecule has 0 saturated carbocycles. The van der Waals surface area contributed by atoms with Crippen LogP contribution in [0, 0.1) is 23.8 Å². The molecule has 6 rings (SSSR count). The van der Waals surface area contributed by atoms with Crippen LogP contribution in [0.1, 0.15) is 75.5 Å². The molecule has 0 atom stereocenters. The van der Waals surface area contributed by atoms with E-state index < -0.39 is 6.37 Å². The number of nitrogens with zero attached hydrogens (tertiary/aromatic N) is 2. The van der Waals surface area contributed by atoms with E-state index in [9.17, 15) is 9.90 Å². The average molecular weight is 806 g/mol. The first-order valence-corrected chi connectivity index (χ1v) is 16.7. The zero-order chi connectivity index (χ0) is 34.6. The van der Waals surface area contributed by atoms with Gasteiger partial charge in [0, 0.05) is 80.5 Å². The van der Waals surface area contributed by atoms with Crippen molar-refractivity contribution in [2.45, 2.75) is 73.6 Å². The Labute approximate surface area is 297 Å². The maximum Gasteiger partial charge on any atom is 0.162 e. The Morgan fingerprint density at radius 3 is 2.28 bits per heavy atom. The number of benzene rings is 4. The fourth-order valence-electron chi connectivity index (χ4n) is 6.40. The molecule has 247 valence electrons. The molecule has 4 aromatic carbocycles. The standard InChI is InChI=1S/C29H23N2.C13H24O2.Ir/c1-19(2)16-20-14-15-22-18-30-28-24-12-6-8-21-9-7-13-26(27(21)24)31(29(28)25(22)17-20)23-10-4-3-5-11-23;1-5-10(6-2)12(14)9-13(15)11(7-3)8-4;/h3-11,13-15,17-19H,16H2,1-2H3;9-11,14H,5-8H2,1-4H3;/q-1;;/b;12-9-;/i16D2;;. The van der Waals surface area contributed by atoms with Crippen LogP contribution in [0.5, 0.6) is 0 Å². The predicted octanol–water partition coefficient (Wildman–Crippen LogP) is 11.7. The molecule has 0 spiro atoms. The number of carbonyl (C=O) groups is 1. The van der Waals surface area contributed by atoms with E-state index in [0.717, 1.165) is 75.5 Å². The SMILES string of the molecule is CCC(CC)C(=O)/C=C(\O)C(CC)CC.[2H]C([2H])(c1ccc2cnc3c(c2c1)N(c1ccccc1)c1cccc2cc[c-]c-3c12)C(C)C.[Ir]. The van der Waals surface area contributed by atoms with Gasteiger partial charge in [-0.1, -0.05) is 94.8 Å². The first-order chi connectivity index (χ1) is 23.1. The van der Waals surface area contributed by atoms with Gasteiger partial charge in [-0.05, 0) is 67.8 Å². The number of anilines is 3. The Balaban J connectivity index is 0.000000290. The molecule has 0 saturated heterocycles. The van der Waals surface area contributed by atoms with Crippen molar-refractivity contribution >= 4 is 44.4 Å². The number of fused-ring (bicyclic) bond motifs is 4. The molecule has 0 amide bonds. The Kier molecular flexibility index (Phi) is 11.5. The summed E-state index contributed by atoms with van der Waals surface area (Å²) in [6.07, 6.45) is 5.37. The predicted molar refractivity (Wildman–Crippen MR) is 194 cm³/mol. The van der Waals surface area contributed by atoms with Crippen LogP contribution in [-0.4, -0.2) is 15.9 Å². The molecule has 0 bridgehead atoms. The Morgan fingerprint density at radius 2 is 1.62 bits per heavy atom. The van der Waals surface area contributed by atoms with E-state index in [1.165, 1.54) is 6.08 Å². The molecule has 47 heavy (non-hydrogen) atoms. The van der Waals surface area contributed by atoms with Crippen LogP contribution in [-0.2, 0) is 31.3 Å². The number of rotatable bonds is 10. The normalized spacial score (nSPS) is 13.2. The minimum absolute atomic E-state index is 0. The van der Waals surface area contributed by atoms with E-state index in [1.807, 2.05) is 90.2 Å². The molecular weight excluding hydrogens is 757 g/mol. The number of carbonyl (C=O) groups excluding carboxylic acids is 1. The van der Waals surface area contributed by atoms with Crippen molar-refractivity contribution in [3.8, 4) is 11.3 Å². The third kappa shape index (κ3) is 7.69. The number of pyridine rings is 1. The molecule has 4 nitrogen and oxygen atoms in total. The van der Waals surface area contributed by atoms with Crippen molar-refractivity contribution in [1.29, 1.82) is 0 Å². The van der Waals surface area contributed by atoms with Gasteiger partial charge in [0.1, 0.15) is 0 Å². The maximum atomic E-state index is 11.7.